The molecule has 0 radical (unpaired) electrons. The Labute approximate surface area is 245 Å². The van der Waals surface area contributed by atoms with Gasteiger partial charge in [-0.05, 0) is 37.0 Å². The smallest absolute Gasteiger partial charge is 0.421 e. The van der Waals surface area contributed by atoms with E-state index in [1.54, 1.807) is 12.1 Å². The quantitative estimate of drug-likeness (QED) is 0.314. The maximum absolute atomic E-state index is 13.0. The van der Waals surface area contributed by atoms with Gasteiger partial charge in [-0.3, -0.25) is 4.79 Å². The normalized spacial score (nSPS) is 15.7. The van der Waals surface area contributed by atoms with Crippen molar-refractivity contribution in [1.29, 1.82) is 0 Å². The zero-order valence-electron chi connectivity index (χ0n) is 22.7. The van der Waals surface area contributed by atoms with Gasteiger partial charge in [-0.25, -0.2) is 14.5 Å². The fourth-order valence-corrected chi connectivity index (χ4v) is 5.23. The van der Waals surface area contributed by atoms with Crippen LogP contribution in [0.15, 0.2) is 30.5 Å². The number of nitrogens with one attached hydrogen (secondary N) is 2. The van der Waals surface area contributed by atoms with Crippen LogP contribution in [0.25, 0.3) is 0 Å². The molecule has 2 heterocycles. The van der Waals surface area contributed by atoms with E-state index in [0.29, 0.717) is 36.6 Å². The highest BCUT2D eigenvalue weighted by Gasteiger charge is 2.33. The summed E-state index contributed by atoms with van der Waals surface area (Å²) < 4.78 is 88.1. The predicted molar refractivity (Wildman–Crippen MR) is 144 cm³/mol. The lowest BCUT2D eigenvalue weighted by Gasteiger charge is -2.17. The van der Waals surface area contributed by atoms with E-state index < -0.39 is 28.0 Å². The van der Waals surface area contributed by atoms with Crippen LogP contribution in [0.2, 0.25) is 5.02 Å². The number of carbonyl (C=O) groups excluding carboxylic acids is 2. The van der Waals surface area contributed by atoms with E-state index in [1.807, 2.05) is 4.72 Å². The van der Waals surface area contributed by atoms with Crippen LogP contribution in [-0.2, 0) is 37.1 Å². The second kappa shape index (κ2) is 14.7. The van der Waals surface area contributed by atoms with Gasteiger partial charge in [0.05, 0.1) is 18.8 Å². The monoisotopic (exact) mass is 638 g/mol. The second-order valence-electron chi connectivity index (χ2n) is 9.11. The third-order valence-electron chi connectivity index (χ3n) is 5.87. The summed E-state index contributed by atoms with van der Waals surface area (Å²) in [5, 5.41) is 2.28. The molecule has 2 amide bonds. The van der Waals surface area contributed by atoms with Crippen LogP contribution >= 0.6 is 11.6 Å². The van der Waals surface area contributed by atoms with Gasteiger partial charge in [-0.1, -0.05) is 17.7 Å². The maximum Gasteiger partial charge on any atom is 0.421 e. The standard InChI is InChI=1S/C25H30ClF3N4O8S/c1-16(34)31-19-7-8-33(15-19)42(36,37)32-24(35)40-9-3-4-17-5-6-20(39-11-10-38-2)13-22(17)41-23-21(26)12-18(14-30-23)25(27,28)29/h5-6,12-14,19H,3-4,7-11,15H2,1-2H3,(H,31,34)(H,32,35). The van der Waals surface area contributed by atoms with Crippen molar-refractivity contribution in [3.63, 3.8) is 0 Å². The van der Waals surface area contributed by atoms with Crippen molar-refractivity contribution in [3.05, 3.63) is 46.6 Å². The zero-order chi connectivity index (χ0) is 30.9. The number of pyridine rings is 1. The van der Waals surface area contributed by atoms with E-state index in [0.717, 1.165) is 4.31 Å². The van der Waals surface area contributed by atoms with Crippen molar-refractivity contribution >= 4 is 33.8 Å². The first kappa shape index (κ1) is 33.2. The highest BCUT2D eigenvalue weighted by Crippen LogP contribution is 2.36. The Balaban J connectivity index is 1.60. The number of hydrogen-bond donors (Lipinski definition) is 2. The van der Waals surface area contributed by atoms with Crippen LogP contribution in [0.3, 0.4) is 0 Å². The molecule has 3 rings (SSSR count). The van der Waals surface area contributed by atoms with Crippen LogP contribution in [0.4, 0.5) is 18.0 Å². The van der Waals surface area contributed by atoms with Crippen molar-refractivity contribution < 1.29 is 50.1 Å². The molecule has 0 aliphatic carbocycles. The third kappa shape index (κ3) is 9.89. The SMILES string of the molecule is COCCOc1ccc(CCCOC(=O)NS(=O)(=O)N2CCC(NC(C)=O)C2)c(Oc2ncc(C(F)(F)F)cc2Cl)c1. The molecule has 2 N–H and O–H groups in total. The number of nitrogens with zero attached hydrogens (tertiary/aromatic N) is 2. The van der Waals surface area contributed by atoms with Crippen LogP contribution in [0, 0.1) is 0 Å². The lowest BCUT2D eigenvalue weighted by molar-refractivity contribution is -0.137. The molecule has 0 spiro atoms. The lowest BCUT2D eigenvalue weighted by atomic mass is 10.1. The van der Waals surface area contributed by atoms with E-state index in [-0.39, 0.29) is 67.7 Å². The van der Waals surface area contributed by atoms with E-state index in [1.165, 1.54) is 20.1 Å². The number of benzene rings is 1. The molecule has 0 saturated carbocycles. The number of amides is 2. The summed E-state index contributed by atoms with van der Waals surface area (Å²) >= 11 is 6.00. The zero-order valence-corrected chi connectivity index (χ0v) is 24.3. The number of aryl methyl sites for hydroxylation is 1. The van der Waals surface area contributed by atoms with Crippen LogP contribution < -0.4 is 19.5 Å². The summed E-state index contributed by atoms with van der Waals surface area (Å²) in [5.41, 5.74) is -0.476. The Kier molecular flexibility index (Phi) is 11.6. The first-order valence-electron chi connectivity index (χ1n) is 12.7. The van der Waals surface area contributed by atoms with E-state index in [4.69, 9.17) is 30.5 Å². The number of ether oxygens (including phenoxy) is 4. The van der Waals surface area contributed by atoms with Gasteiger partial charge >= 0.3 is 22.5 Å². The fraction of sp³-hybridized carbons (Fsp3) is 0.480. The molecule has 2 aromatic rings. The molecule has 1 atom stereocenters. The van der Waals surface area contributed by atoms with E-state index >= 15 is 0 Å². The van der Waals surface area contributed by atoms with Crippen molar-refractivity contribution in [2.75, 3.05) is 40.0 Å². The highest BCUT2D eigenvalue weighted by atomic mass is 35.5. The number of hydrogen-bond acceptors (Lipinski definition) is 9. The van der Waals surface area contributed by atoms with Gasteiger partial charge in [0.25, 0.3) is 0 Å². The molecule has 42 heavy (non-hydrogen) atoms. The maximum atomic E-state index is 13.0. The van der Waals surface area contributed by atoms with Crippen LogP contribution in [-0.4, -0.2) is 75.8 Å². The summed E-state index contributed by atoms with van der Waals surface area (Å²) in [7, 11) is -2.66. The summed E-state index contributed by atoms with van der Waals surface area (Å²) in [6.07, 6.45) is -4.31. The topological polar surface area (TPSA) is 145 Å². The molecule has 1 aromatic heterocycles. The molecule has 1 aliphatic rings. The average molecular weight is 639 g/mol. The average Bonchev–Trinajstić information content (AvgIpc) is 3.37. The number of halogens is 4. The number of rotatable bonds is 13. The first-order chi connectivity index (χ1) is 19.8. The molecule has 1 aromatic carbocycles. The summed E-state index contributed by atoms with van der Waals surface area (Å²) in [5.74, 6) is 0.0294. The van der Waals surface area contributed by atoms with Crippen molar-refractivity contribution in [2.45, 2.75) is 38.4 Å². The van der Waals surface area contributed by atoms with Crippen molar-refractivity contribution in [1.82, 2.24) is 19.3 Å². The van der Waals surface area contributed by atoms with Gasteiger partial charge in [-0.15, -0.1) is 0 Å². The van der Waals surface area contributed by atoms with Gasteiger partial charge in [0, 0.05) is 45.4 Å². The summed E-state index contributed by atoms with van der Waals surface area (Å²) in [6.45, 7) is 1.85. The van der Waals surface area contributed by atoms with Gasteiger partial charge in [-0.2, -0.15) is 25.9 Å². The largest absolute Gasteiger partial charge is 0.491 e. The molecule has 232 valence electrons. The van der Waals surface area contributed by atoms with Gasteiger partial charge in [0.15, 0.2) is 0 Å². The Hall–Kier alpha value is -3.34. The molecule has 17 heteroatoms. The van der Waals surface area contributed by atoms with E-state index in [2.05, 4.69) is 10.3 Å². The molecule has 1 saturated heterocycles. The Bertz CT molecular complexity index is 1360. The van der Waals surface area contributed by atoms with Crippen LogP contribution in [0.5, 0.6) is 17.4 Å². The molecule has 1 unspecified atom stereocenters. The van der Waals surface area contributed by atoms with E-state index in [9.17, 15) is 31.2 Å². The van der Waals surface area contributed by atoms with Gasteiger partial charge < -0.3 is 24.3 Å². The Morgan fingerprint density at radius 1 is 1.19 bits per heavy atom. The Morgan fingerprint density at radius 3 is 2.62 bits per heavy atom. The van der Waals surface area contributed by atoms with Gasteiger partial charge in [0.2, 0.25) is 11.8 Å². The van der Waals surface area contributed by atoms with Crippen molar-refractivity contribution in [3.8, 4) is 17.4 Å². The minimum absolute atomic E-state index is 0.0218. The van der Waals surface area contributed by atoms with Crippen molar-refractivity contribution in [2.24, 2.45) is 0 Å². The molecular weight excluding hydrogens is 609 g/mol. The molecular formula is C25H30ClF3N4O8S. The Morgan fingerprint density at radius 2 is 1.95 bits per heavy atom. The predicted octanol–water partition coefficient (Wildman–Crippen LogP) is 3.69. The minimum atomic E-state index is -4.63. The number of aromatic nitrogens is 1. The number of alkyl halides is 3. The summed E-state index contributed by atoms with van der Waals surface area (Å²) in [6, 6.07) is 5.15. The second-order valence-corrected chi connectivity index (χ2v) is 11.2. The molecule has 0 bridgehead atoms. The minimum Gasteiger partial charge on any atom is -0.491 e. The molecule has 1 fully saturated rings. The fourth-order valence-electron chi connectivity index (χ4n) is 3.91. The third-order valence-corrected chi connectivity index (χ3v) is 7.58. The molecule has 12 nitrogen and oxygen atoms in total. The number of carbonyl (C=O) groups is 2. The summed E-state index contributed by atoms with van der Waals surface area (Å²) in [4.78, 5) is 27.0. The number of methoxy groups -OCH3 is 1. The van der Waals surface area contributed by atoms with Gasteiger partial charge in [0.1, 0.15) is 23.1 Å². The first-order valence-corrected chi connectivity index (χ1v) is 14.5. The highest BCUT2D eigenvalue weighted by molar-refractivity contribution is 7.87. The lowest BCUT2D eigenvalue weighted by Crippen LogP contribution is -2.44. The van der Waals surface area contributed by atoms with Crippen LogP contribution in [0.1, 0.15) is 30.9 Å². The molecule has 1 aliphatic heterocycles.